The molecular formula is C6H5BFO2. The van der Waals surface area contributed by atoms with Crippen LogP contribution in [0.25, 0.3) is 0 Å². The fourth-order valence-electron chi connectivity index (χ4n) is 0.574. The van der Waals surface area contributed by atoms with Crippen LogP contribution in [0.3, 0.4) is 0 Å². The van der Waals surface area contributed by atoms with Crippen LogP contribution in [0.5, 0.6) is 5.75 Å². The van der Waals surface area contributed by atoms with Gasteiger partial charge in [-0.3, -0.25) is 0 Å². The zero-order chi connectivity index (χ0) is 7.40. The molecule has 1 aromatic rings. The number of rotatable bonds is 2. The lowest BCUT2D eigenvalue weighted by Gasteiger charge is -1.98. The van der Waals surface area contributed by atoms with E-state index in [4.69, 9.17) is 5.02 Å². The van der Waals surface area contributed by atoms with Crippen LogP contribution in [0, 0.1) is 5.82 Å². The second-order valence-corrected chi connectivity index (χ2v) is 1.68. The maximum Gasteiger partial charge on any atom is 0.569 e. The summed E-state index contributed by atoms with van der Waals surface area (Å²) in [4.78, 5) is 0. The highest BCUT2D eigenvalue weighted by molar-refractivity contribution is 6.17. The van der Waals surface area contributed by atoms with Crippen molar-refractivity contribution in [3.63, 3.8) is 0 Å². The van der Waals surface area contributed by atoms with Crippen LogP contribution < -0.4 is 4.65 Å². The normalized spacial score (nSPS) is 9.00. The minimum absolute atomic E-state index is 0.328. The van der Waals surface area contributed by atoms with Crippen molar-refractivity contribution >= 4 is 7.69 Å². The molecule has 10 heavy (non-hydrogen) atoms. The average molecular weight is 139 g/mol. The second kappa shape index (κ2) is 3.22. The summed E-state index contributed by atoms with van der Waals surface area (Å²) in [5, 5.41) is 8.15. The van der Waals surface area contributed by atoms with Crippen molar-refractivity contribution in [2.45, 2.75) is 0 Å². The molecular weight excluding hydrogens is 134 g/mol. The molecule has 0 atom stereocenters. The molecule has 0 spiro atoms. The molecule has 1 N–H and O–H groups in total. The highest BCUT2D eigenvalue weighted by atomic mass is 19.1. The predicted molar refractivity (Wildman–Crippen MR) is 35.0 cm³/mol. The number of halogens is 1. The fraction of sp³-hybridized carbons (Fsp3) is 0. The van der Waals surface area contributed by atoms with E-state index in [2.05, 4.69) is 4.65 Å². The highest BCUT2D eigenvalue weighted by Crippen LogP contribution is 2.09. The number of benzene rings is 1. The molecule has 1 aromatic carbocycles. The van der Waals surface area contributed by atoms with Crippen LogP contribution in [0.2, 0.25) is 0 Å². The zero-order valence-corrected chi connectivity index (χ0v) is 5.12. The summed E-state index contributed by atoms with van der Waals surface area (Å²) in [6, 6.07) is 5.34. The number of hydrogen-bond acceptors (Lipinski definition) is 2. The molecule has 0 saturated carbocycles. The molecule has 51 valence electrons. The Bertz CT molecular complexity index is 199. The largest absolute Gasteiger partial charge is 0.569 e. The summed E-state index contributed by atoms with van der Waals surface area (Å²) in [5.74, 6) is 0.0780. The smallest absolute Gasteiger partial charge is 0.537 e. The van der Waals surface area contributed by atoms with Gasteiger partial charge in [-0.25, -0.2) is 4.39 Å². The van der Waals surface area contributed by atoms with Crippen LogP contribution in [-0.2, 0) is 0 Å². The van der Waals surface area contributed by atoms with Crippen molar-refractivity contribution in [1.82, 2.24) is 0 Å². The summed E-state index contributed by atoms with van der Waals surface area (Å²) in [6.07, 6.45) is 0. The third-order valence-corrected chi connectivity index (χ3v) is 1.00. The molecule has 0 heterocycles. The van der Waals surface area contributed by atoms with Gasteiger partial charge in [-0.15, -0.1) is 0 Å². The molecule has 0 aliphatic carbocycles. The van der Waals surface area contributed by atoms with Gasteiger partial charge in [0.15, 0.2) is 0 Å². The molecule has 0 aromatic heterocycles. The molecule has 0 amide bonds. The van der Waals surface area contributed by atoms with Gasteiger partial charge in [-0.05, 0) is 24.3 Å². The monoisotopic (exact) mass is 139 g/mol. The van der Waals surface area contributed by atoms with E-state index in [0.29, 0.717) is 13.4 Å². The SMILES string of the molecule is O[B]Oc1ccc(F)cc1. The minimum Gasteiger partial charge on any atom is -0.537 e. The van der Waals surface area contributed by atoms with Crippen molar-refractivity contribution in [1.29, 1.82) is 0 Å². The molecule has 0 aliphatic heterocycles. The third-order valence-electron chi connectivity index (χ3n) is 1.00. The van der Waals surface area contributed by atoms with Crippen molar-refractivity contribution in [2.75, 3.05) is 0 Å². The van der Waals surface area contributed by atoms with Gasteiger partial charge in [0.05, 0.1) is 0 Å². The average Bonchev–Trinajstić information content (AvgIpc) is 1.95. The van der Waals surface area contributed by atoms with Gasteiger partial charge in [0.25, 0.3) is 0 Å². The van der Waals surface area contributed by atoms with Gasteiger partial charge < -0.3 is 9.68 Å². The van der Waals surface area contributed by atoms with E-state index >= 15 is 0 Å². The lowest BCUT2D eigenvalue weighted by Crippen LogP contribution is -1.99. The van der Waals surface area contributed by atoms with Crippen molar-refractivity contribution < 1.29 is 14.1 Å². The van der Waals surface area contributed by atoms with Crippen LogP contribution in [0.4, 0.5) is 4.39 Å². The zero-order valence-electron chi connectivity index (χ0n) is 5.12. The summed E-state index contributed by atoms with van der Waals surface area (Å²) in [5.41, 5.74) is 0. The Hall–Kier alpha value is -1.03. The van der Waals surface area contributed by atoms with Crippen molar-refractivity contribution in [3.05, 3.63) is 30.1 Å². The first-order valence-corrected chi connectivity index (χ1v) is 2.71. The van der Waals surface area contributed by atoms with Gasteiger partial charge in [-0.2, -0.15) is 0 Å². The molecule has 0 bridgehead atoms. The fourth-order valence-corrected chi connectivity index (χ4v) is 0.574. The first-order chi connectivity index (χ1) is 4.83. The van der Waals surface area contributed by atoms with Gasteiger partial charge >= 0.3 is 7.69 Å². The lowest BCUT2D eigenvalue weighted by atomic mass is 10.3. The maximum absolute atomic E-state index is 12.2. The standard InChI is InChI=1S/C6H5BFO2/c8-5-1-3-6(4-2-5)10-7-9/h1-4,9H. The Morgan fingerprint density at radius 3 is 2.40 bits per heavy atom. The van der Waals surface area contributed by atoms with Crippen molar-refractivity contribution in [3.8, 4) is 5.75 Å². The molecule has 0 fully saturated rings. The molecule has 1 rings (SSSR count). The first-order valence-electron chi connectivity index (χ1n) is 2.71. The Kier molecular flexibility index (Phi) is 2.28. The lowest BCUT2D eigenvalue weighted by molar-refractivity contribution is 0.453. The van der Waals surface area contributed by atoms with Crippen LogP contribution in [-0.4, -0.2) is 12.7 Å². The molecule has 2 nitrogen and oxygen atoms in total. The van der Waals surface area contributed by atoms with Gasteiger partial charge in [0, 0.05) is 0 Å². The summed E-state index contributed by atoms with van der Waals surface area (Å²) in [7, 11) is 0.549. The summed E-state index contributed by atoms with van der Waals surface area (Å²) < 4.78 is 16.7. The Balaban J connectivity index is 2.69. The van der Waals surface area contributed by atoms with Crippen LogP contribution in [0.15, 0.2) is 24.3 Å². The highest BCUT2D eigenvalue weighted by Gasteiger charge is 1.92. The predicted octanol–water partition coefficient (Wildman–Crippen LogP) is 0.731. The number of hydrogen-bond donors (Lipinski definition) is 1. The third kappa shape index (κ3) is 1.74. The molecule has 4 heteroatoms. The topological polar surface area (TPSA) is 29.5 Å². The summed E-state index contributed by atoms with van der Waals surface area (Å²) in [6.45, 7) is 0. The van der Waals surface area contributed by atoms with Gasteiger partial charge in [0.2, 0.25) is 0 Å². The van der Waals surface area contributed by atoms with Gasteiger partial charge in [-0.1, -0.05) is 0 Å². The van der Waals surface area contributed by atoms with E-state index in [1.165, 1.54) is 24.3 Å². The van der Waals surface area contributed by atoms with Crippen molar-refractivity contribution in [2.24, 2.45) is 0 Å². The van der Waals surface area contributed by atoms with E-state index in [1.807, 2.05) is 0 Å². The molecule has 0 unspecified atom stereocenters. The second-order valence-electron chi connectivity index (χ2n) is 1.68. The molecule has 0 aliphatic rings. The Labute approximate surface area is 58.6 Å². The van der Waals surface area contributed by atoms with Crippen LogP contribution >= 0.6 is 0 Å². The molecule has 1 radical (unpaired) electrons. The summed E-state index contributed by atoms with van der Waals surface area (Å²) >= 11 is 0. The Morgan fingerprint density at radius 2 is 1.90 bits per heavy atom. The maximum atomic E-state index is 12.2. The van der Waals surface area contributed by atoms with E-state index in [9.17, 15) is 4.39 Å². The van der Waals surface area contributed by atoms with E-state index < -0.39 is 0 Å². The van der Waals surface area contributed by atoms with Crippen LogP contribution in [0.1, 0.15) is 0 Å². The van der Waals surface area contributed by atoms with E-state index in [1.54, 1.807) is 0 Å². The minimum atomic E-state index is -0.328. The molecule has 0 saturated heterocycles. The van der Waals surface area contributed by atoms with E-state index in [0.717, 1.165) is 0 Å². The first kappa shape index (κ1) is 7.09. The van der Waals surface area contributed by atoms with Gasteiger partial charge in [0.1, 0.15) is 11.6 Å². The quantitative estimate of drug-likeness (QED) is 0.612. The Morgan fingerprint density at radius 1 is 1.30 bits per heavy atom. The van der Waals surface area contributed by atoms with E-state index in [-0.39, 0.29) is 5.82 Å².